The highest BCUT2D eigenvalue weighted by atomic mass is 32.1. The number of halogens is 2. The standard InChI is InChI=1S/C30H30F2N4O4.H2S/c1-18(2)24-14-25(31)21(13-26(24)32)17-40-23-5-3-19(4-6-23)27-28(20-7-9-33-10-8-20)34-36-12-11-35(15-22(38)16-37)30(39)29(27)36;/h3-10,13-14,18,22,37-38H,11-12,15-17H2,1-2H3;1H2. The van der Waals surface area contributed by atoms with Gasteiger partial charge >= 0.3 is 0 Å². The van der Waals surface area contributed by atoms with E-state index in [4.69, 9.17) is 9.84 Å². The van der Waals surface area contributed by atoms with Gasteiger partial charge in [0.2, 0.25) is 0 Å². The molecular weight excluding hydrogens is 550 g/mol. The van der Waals surface area contributed by atoms with Crippen LogP contribution in [0.2, 0.25) is 0 Å². The van der Waals surface area contributed by atoms with Gasteiger partial charge in [0.25, 0.3) is 5.91 Å². The second-order valence-corrected chi connectivity index (χ2v) is 10.1. The van der Waals surface area contributed by atoms with Gasteiger partial charge in [-0.15, -0.1) is 0 Å². The Morgan fingerprint density at radius 3 is 2.37 bits per heavy atom. The molecule has 4 aromatic rings. The summed E-state index contributed by atoms with van der Waals surface area (Å²) in [6, 6.07) is 13.0. The van der Waals surface area contributed by atoms with Gasteiger partial charge in [0.15, 0.2) is 0 Å². The maximum atomic E-state index is 14.6. The smallest absolute Gasteiger partial charge is 0.272 e. The number of β-amino-alcohol motifs (C(OH)–C–C–N with tert-alkyl or cyclic N) is 1. The summed E-state index contributed by atoms with van der Waals surface area (Å²) in [5, 5.41) is 24.0. The van der Waals surface area contributed by atoms with Gasteiger partial charge in [0.05, 0.1) is 19.3 Å². The lowest BCUT2D eigenvalue weighted by atomic mass is 9.98. The first-order chi connectivity index (χ1) is 19.3. The minimum atomic E-state index is -1.04. The molecule has 1 aliphatic heterocycles. The molecule has 0 bridgehead atoms. The number of carbonyl (C=O) groups is 1. The van der Waals surface area contributed by atoms with Crippen molar-refractivity contribution in [2.75, 3.05) is 19.7 Å². The molecule has 41 heavy (non-hydrogen) atoms. The third-order valence-corrected chi connectivity index (χ3v) is 6.94. The van der Waals surface area contributed by atoms with E-state index in [2.05, 4.69) is 4.98 Å². The molecule has 0 fully saturated rings. The van der Waals surface area contributed by atoms with Gasteiger partial charge in [-0.25, -0.2) is 8.78 Å². The topological polar surface area (TPSA) is 101 Å². The van der Waals surface area contributed by atoms with E-state index in [1.807, 2.05) is 12.1 Å². The number of hydrogen-bond acceptors (Lipinski definition) is 6. The number of aliphatic hydroxyl groups excluding tert-OH is 2. The monoisotopic (exact) mass is 582 g/mol. The molecule has 11 heteroatoms. The molecule has 1 atom stereocenters. The predicted octanol–water partition coefficient (Wildman–Crippen LogP) is 4.51. The Morgan fingerprint density at radius 1 is 1.00 bits per heavy atom. The van der Waals surface area contributed by atoms with Crippen LogP contribution in [0.4, 0.5) is 8.78 Å². The Kier molecular flexibility index (Phi) is 9.42. The molecule has 2 N–H and O–H groups in total. The number of ether oxygens (including phenoxy) is 1. The lowest BCUT2D eigenvalue weighted by molar-refractivity contribution is 0.0406. The van der Waals surface area contributed by atoms with Gasteiger partial charge in [-0.3, -0.25) is 14.5 Å². The molecule has 0 spiro atoms. The van der Waals surface area contributed by atoms with E-state index in [0.717, 1.165) is 5.56 Å². The van der Waals surface area contributed by atoms with Crippen molar-refractivity contribution in [2.45, 2.75) is 39.0 Å². The van der Waals surface area contributed by atoms with Crippen LogP contribution in [-0.2, 0) is 13.2 Å². The molecule has 1 aliphatic rings. The van der Waals surface area contributed by atoms with Crippen molar-refractivity contribution in [3.05, 3.63) is 89.4 Å². The number of fused-ring (bicyclic) bond motifs is 1. The fourth-order valence-electron chi connectivity index (χ4n) is 4.81. The molecule has 1 amide bonds. The molecule has 1 unspecified atom stereocenters. The number of nitrogens with zero attached hydrogens (tertiary/aromatic N) is 4. The number of pyridine rings is 1. The highest BCUT2D eigenvalue weighted by Crippen LogP contribution is 2.37. The quantitative estimate of drug-likeness (QED) is 0.301. The van der Waals surface area contributed by atoms with E-state index < -0.39 is 24.3 Å². The average molecular weight is 583 g/mol. The van der Waals surface area contributed by atoms with E-state index in [1.54, 1.807) is 55.2 Å². The highest BCUT2D eigenvalue weighted by molar-refractivity contribution is 7.59. The van der Waals surface area contributed by atoms with Crippen molar-refractivity contribution in [1.82, 2.24) is 19.7 Å². The van der Waals surface area contributed by atoms with E-state index in [1.165, 1.54) is 17.0 Å². The van der Waals surface area contributed by atoms with Crippen LogP contribution in [0.1, 0.15) is 41.4 Å². The number of amides is 1. The molecule has 5 rings (SSSR count). The molecule has 2 aromatic heterocycles. The predicted molar refractivity (Wildman–Crippen MR) is 155 cm³/mol. The van der Waals surface area contributed by atoms with Gasteiger partial charge in [0.1, 0.15) is 35.4 Å². The maximum absolute atomic E-state index is 14.6. The van der Waals surface area contributed by atoms with Crippen molar-refractivity contribution < 1.29 is 28.5 Å². The zero-order valence-electron chi connectivity index (χ0n) is 22.7. The van der Waals surface area contributed by atoms with Crippen LogP contribution in [0.15, 0.2) is 60.9 Å². The molecular formula is C30H32F2N4O4S. The molecule has 0 saturated carbocycles. The maximum Gasteiger partial charge on any atom is 0.272 e. The zero-order valence-corrected chi connectivity index (χ0v) is 23.7. The van der Waals surface area contributed by atoms with E-state index in [9.17, 15) is 23.8 Å². The number of rotatable bonds is 9. The van der Waals surface area contributed by atoms with E-state index >= 15 is 0 Å². The summed E-state index contributed by atoms with van der Waals surface area (Å²) in [5.41, 5.74) is 3.52. The summed E-state index contributed by atoms with van der Waals surface area (Å²) in [4.78, 5) is 19.1. The van der Waals surface area contributed by atoms with Crippen LogP contribution >= 0.6 is 13.5 Å². The Balaban J connectivity index is 0.00000387. The van der Waals surface area contributed by atoms with Gasteiger partial charge in [-0.1, -0.05) is 26.0 Å². The number of aromatic nitrogens is 3. The normalized spacial score (nSPS) is 13.6. The van der Waals surface area contributed by atoms with Crippen LogP contribution in [0.25, 0.3) is 22.4 Å². The molecule has 216 valence electrons. The van der Waals surface area contributed by atoms with Crippen molar-refractivity contribution in [3.63, 3.8) is 0 Å². The number of benzene rings is 2. The molecule has 2 aromatic carbocycles. The number of carbonyl (C=O) groups excluding carboxylic acids is 1. The summed E-state index contributed by atoms with van der Waals surface area (Å²) < 4.78 is 36.4. The Labute approximate surface area is 243 Å². The van der Waals surface area contributed by atoms with Crippen LogP contribution in [0.3, 0.4) is 0 Å². The first-order valence-corrected chi connectivity index (χ1v) is 13.1. The second kappa shape index (κ2) is 12.8. The zero-order chi connectivity index (χ0) is 28.4. The Hall–Kier alpha value is -3.80. The van der Waals surface area contributed by atoms with Gasteiger partial charge in [-0.05, 0) is 53.4 Å². The Morgan fingerprint density at radius 2 is 1.71 bits per heavy atom. The van der Waals surface area contributed by atoms with E-state index in [0.29, 0.717) is 46.9 Å². The average Bonchev–Trinajstić information content (AvgIpc) is 3.35. The third kappa shape index (κ3) is 6.27. The molecule has 8 nitrogen and oxygen atoms in total. The fraction of sp³-hybridized carbons (Fsp3) is 0.300. The highest BCUT2D eigenvalue weighted by Gasteiger charge is 2.33. The second-order valence-electron chi connectivity index (χ2n) is 10.1. The molecule has 3 heterocycles. The number of hydrogen-bond donors (Lipinski definition) is 2. The summed E-state index contributed by atoms with van der Waals surface area (Å²) >= 11 is 0. The lowest BCUT2D eigenvalue weighted by Crippen LogP contribution is -2.45. The largest absolute Gasteiger partial charge is 0.489 e. The molecule has 0 aliphatic carbocycles. The van der Waals surface area contributed by atoms with Crippen molar-refractivity contribution in [1.29, 1.82) is 0 Å². The molecule has 0 saturated heterocycles. The third-order valence-electron chi connectivity index (χ3n) is 6.94. The lowest BCUT2D eigenvalue weighted by Gasteiger charge is -2.29. The minimum Gasteiger partial charge on any atom is -0.489 e. The van der Waals surface area contributed by atoms with Crippen LogP contribution < -0.4 is 4.74 Å². The van der Waals surface area contributed by atoms with Crippen LogP contribution in [0, 0.1) is 11.6 Å². The molecule has 0 radical (unpaired) electrons. The summed E-state index contributed by atoms with van der Waals surface area (Å²) in [6.45, 7) is 3.80. The van der Waals surface area contributed by atoms with Gasteiger partial charge < -0.3 is 19.8 Å². The van der Waals surface area contributed by atoms with E-state index in [-0.39, 0.29) is 44.0 Å². The first-order valence-electron chi connectivity index (χ1n) is 13.1. The minimum absolute atomic E-state index is 0. The SMILES string of the molecule is CC(C)c1cc(F)c(COc2ccc(-c3c(-c4ccncc4)nn4c3C(=O)N(CC(O)CO)CC4)cc2)cc1F.S. The summed E-state index contributed by atoms with van der Waals surface area (Å²) in [5.74, 6) is -0.983. The van der Waals surface area contributed by atoms with Crippen molar-refractivity contribution in [3.8, 4) is 28.1 Å². The van der Waals surface area contributed by atoms with Gasteiger partial charge in [0, 0.05) is 42.2 Å². The van der Waals surface area contributed by atoms with Crippen molar-refractivity contribution in [2.24, 2.45) is 0 Å². The number of aliphatic hydroxyl groups is 2. The Bertz CT molecular complexity index is 1510. The van der Waals surface area contributed by atoms with Crippen molar-refractivity contribution >= 4 is 19.4 Å². The fourth-order valence-corrected chi connectivity index (χ4v) is 4.81. The van der Waals surface area contributed by atoms with Crippen LogP contribution in [-0.4, -0.2) is 61.6 Å². The van der Waals surface area contributed by atoms with Crippen LogP contribution in [0.5, 0.6) is 5.75 Å². The summed E-state index contributed by atoms with van der Waals surface area (Å²) in [6.07, 6.45) is 2.25. The first kappa shape index (κ1) is 30.2. The summed E-state index contributed by atoms with van der Waals surface area (Å²) in [7, 11) is 0. The van der Waals surface area contributed by atoms with Gasteiger partial charge in [-0.2, -0.15) is 18.6 Å².